The average Bonchev–Trinajstić information content (AvgIpc) is 1.95. The highest BCUT2D eigenvalue weighted by Gasteiger charge is 2.21. The summed E-state index contributed by atoms with van der Waals surface area (Å²) in [6.45, 7) is 4.29. The molecule has 0 bridgehead atoms. The number of rotatable bonds is 2. The fourth-order valence-corrected chi connectivity index (χ4v) is 1.93. The Labute approximate surface area is 93.9 Å². The van der Waals surface area contributed by atoms with Gasteiger partial charge in [0.1, 0.15) is 11.0 Å². The summed E-state index contributed by atoms with van der Waals surface area (Å²) in [4.78, 5) is 13.2. The van der Waals surface area contributed by atoms with Crippen LogP contribution in [0.15, 0.2) is 6.07 Å². The summed E-state index contributed by atoms with van der Waals surface area (Å²) in [5.74, 6) is 1.76. The number of nitrogens with zero attached hydrogens (tertiary/aromatic N) is 4. The number of hydrogen-bond donors (Lipinski definition) is 0. The van der Waals surface area contributed by atoms with Crippen LogP contribution in [-0.2, 0) is 0 Å². The van der Waals surface area contributed by atoms with Gasteiger partial charge in [0.25, 0.3) is 0 Å². The van der Waals surface area contributed by atoms with Crippen LogP contribution in [0.25, 0.3) is 0 Å². The van der Waals surface area contributed by atoms with Crippen molar-refractivity contribution in [3.63, 3.8) is 0 Å². The molecule has 0 radical (unpaired) electrons. The van der Waals surface area contributed by atoms with Crippen molar-refractivity contribution in [1.29, 1.82) is 0 Å². The molecule has 1 aromatic rings. The average molecular weight is 225 g/mol. The van der Waals surface area contributed by atoms with Crippen molar-refractivity contribution in [2.45, 2.75) is 12.8 Å². The van der Waals surface area contributed by atoms with E-state index in [1.165, 1.54) is 12.8 Å². The highest BCUT2D eigenvalue weighted by molar-refractivity contribution is 6.29. The van der Waals surface area contributed by atoms with Gasteiger partial charge < -0.3 is 9.80 Å². The van der Waals surface area contributed by atoms with Crippen molar-refractivity contribution in [2.24, 2.45) is 0 Å². The lowest BCUT2D eigenvalue weighted by atomic mass is 10.2. The Bertz CT molecular complexity index is 341. The van der Waals surface area contributed by atoms with E-state index in [2.05, 4.69) is 19.8 Å². The molecule has 2 aliphatic rings. The second-order valence-corrected chi connectivity index (χ2v) is 4.42. The van der Waals surface area contributed by atoms with Crippen LogP contribution in [0.4, 0.5) is 11.8 Å². The minimum atomic E-state index is 0.550. The number of anilines is 2. The number of hydrogen-bond acceptors (Lipinski definition) is 4. The first kappa shape index (κ1) is 9.21. The summed E-state index contributed by atoms with van der Waals surface area (Å²) >= 11 is 6.00. The highest BCUT2D eigenvalue weighted by atomic mass is 35.5. The Hall–Kier alpha value is -1.03. The molecule has 2 aliphatic heterocycles. The summed E-state index contributed by atoms with van der Waals surface area (Å²) in [6, 6.07) is 1.85. The molecule has 0 aliphatic carbocycles. The molecule has 15 heavy (non-hydrogen) atoms. The summed E-state index contributed by atoms with van der Waals surface area (Å²) < 4.78 is 0. The third-order valence-electron chi connectivity index (χ3n) is 2.99. The molecular formula is C10H13ClN4. The van der Waals surface area contributed by atoms with Gasteiger partial charge in [-0.25, -0.2) is 4.98 Å². The Balaban J connectivity index is 1.89. The predicted octanol–water partition coefficient (Wildman–Crippen LogP) is 1.55. The molecule has 0 amide bonds. The zero-order chi connectivity index (χ0) is 10.3. The molecular weight excluding hydrogens is 212 g/mol. The van der Waals surface area contributed by atoms with Crippen molar-refractivity contribution in [3.05, 3.63) is 11.2 Å². The van der Waals surface area contributed by atoms with Gasteiger partial charge in [0, 0.05) is 32.2 Å². The molecule has 80 valence electrons. The zero-order valence-corrected chi connectivity index (χ0v) is 9.24. The predicted molar refractivity (Wildman–Crippen MR) is 60.7 cm³/mol. The van der Waals surface area contributed by atoms with Gasteiger partial charge in [-0.1, -0.05) is 11.6 Å². The van der Waals surface area contributed by atoms with E-state index in [1.54, 1.807) is 0 Å². The van der Waals surface area contributed by atoms with Crippen LogP contribution >= 0.6 is 11.6 Å². The van der Waals surface area contributed by atoms with Crippen LogP contribution < -0.4 is 9.80 Å². The quantitative estimate of drug-likeness (QED) is 0.714. The minimum Gasteiger partial charge on any atom is -0.356 e. The maximum atomic E-state index is 6.00. The molecule has 0 spiro atoms. The van der Waals surface area contributed by atoms with Crippen LogP contribution in [0, 0.1) is 0 Å². The first-order valence-electron chi connectivity index (χ1n) is 5.37. The summed E-state index contributed by atoms with van der Waals surface area (Å²) in [5, 5.41) is 0.550. The second-order valence-electron chi connectivity index (χ2n) is 4.03. The van der Waals surface area contributed by atoms with Gasteiger partial charge in [0.05, 0.1) is 0 Å². The smallest absolute Gasteiger partial charge is 0.228 e. The third kappa shape index (κ3) is 1.63. The molecule has 2 fully saturated rings. The van der Waals surface area contributed by atoms with E-state index in [0.717, 1.165) is 37.9 Å². The summed E-state index contributed by atoms with van der Waals surface area (Å²) in [6.07, 6.45) is 2.48. The van der Waals surface area contributed by atoms with Crippen molar-refractivity contribution >= 4 is 23.4 Å². The third-order valence-corrected chi connectivity index (χ3v) is 3.18. The molecule has 4 nitrogen and oxygen atoms in total. The Morgan fingerprint density at radius 3 is 2.20 bits per heavy atom. The van der Waals surface area contributed by atoms with Gasteiger partial charge >= 0.3 is 0 Å². The van der Waals surface area contributed by atoms with Gasteiger partial charge in [-0.2, -0.15) is 4.98 Å². The largest absolute Gasteiger partial charge is 0.356 e. The summed E-state index contributed by atoms with van der Waals surface area (Å²) in [5.41, 5.74) is 0. The topological polar surface area (TPSA) is 32.3 Å². The lowest BCUT2D eigenvalue weighted by Gasteiger charge is -2.34. The first-order valence-corrected chi connectivity index (χ1v) is 5.75. The van der Waals surface area contributed by atoms with Gasteiger partial charge in [0.15, 0.2) is 0 Å². The Morgan fingerprint density at radius 1 is 1.00 bits per heavy atom. The molecule has 0 N–H and O–H groups in total. The molecule has 0 saturated carbocycles. The standard InChI is InChI=1S/C10H13ClN4/c11-8-7-9(14-3-1-4-14)13-10(12-8)15-5-2-6-15/h7H,1-6H2. The fraction of sp³-hybridized carbons (Fsp3) is 0.600. The maximum absolute atomic E-state index is 6.00. The lowest BCUT2D eigenvalue weighted by molar-refractivity contribution is 0.588. The van der Waals surface area contributed by atoms with E-state index in [0.29, 0.717) is 5.15 Å². The molecule has 1 aromatic heterocycles. The van der Waals surface area contributed by atoms with Crippen LogP contribution in [0.1, 0.15) is 12.8 Å². The van der Waals surface area contributed by atoms with Crippen molar-refractivity contribution < 1.29 is 0 Å². The lowest BCUT2D eigenvalue weighted by Crippen LogP contribution is -2.40. The zero-order valence-electron chi connectivity index (χ0n) is 8.49. The van der Waals surface area contributed by atoms with Crippen LogP contribution in [0.3, 0.4) is 0 Å². The van der Waals surface area contributed by atoms with Gasteiger partial charge in [-0.3, -0.25) is 0 Å². The Kier molecular flexibility index (Phi) is 2.16. The Morgan fingerprint density at radius 2 is 1.67 bits per heavy atom. The van der Waals surface area contributed by atoms with E-state index in [1.807, 2.05) is 6.07 Å². The van der Waals surface area contributed by atoms with Crippen molar-refractivity contribution in [3.8, 4) is 0 Å². The first-order chi connectivity index (χ1) is 7.33. The number of aromatic nitrogens is 2. The molecule has 5 heteroatoms. The van der Waals surface area contributed by atoms with Crippen LogP contribution in [-0.4, -0.2) is 36.1 Å². The molecule has 2 saturated heterocycles. The number of halogens is 1. The molecule has 3 heterocycles. The summed E-state index contributed by atoms with van der Waals surface area (Å²) in [7, 11) is 0. The van der Waals surface area contributed by atoms with Gasteiger partial charge in [-0.15, -0.1) is 0 Å². The van der Waals surface area contributed by atoms with E-state index >= 15 is 0 Å². The van der Waals surface area contributed by atoms with Gasteiger partial charge in [0.2, 0.25) is 5.95 Å². The van der Waals surface area contributed by atoms with Crippen LogP contribution in [0.5, 0.6) is 0 Å². The van der Waals surface area contributed by atoms with Crippen molar-refractivity contribution in [1.82, 2.24) is 9.97 Å². The molecule has 0 aromatic carbocycles. The SMILES string of the molecule is Clc1cc(N2CCC2)nc(N2CCC2)n1. The van der Waals surface area contributed by atoms with Crippen LogP contribution in [0.2, 0.25) is 5.15 Å². The molecule has 0 unspecified atom stereocenters. The van der Waals surface area contributed by atoms with E-state index in [4.69, 9.17) is 11.6 Å². The molecule has 3 rings (SSSR count). The van der Waals surface area contributed by atoms with Gasteiger partial charge in [-0.05, 0) is 12.8 Å². The fourth-order valence-electron chi connectivity index (χ4n) is 1.76. The maximum Gasteiger partial charge on any atom is 0.228 e. The van der Waals surface area contributed by atoms with E-state index in [-0.39, 0.29) is 0 Å². The monoisotopic (exact) mass is 224 g/mol. The second kappa shape index (κ2) is 3.52. The highest BCUT2D eigenvalue weighted by Crippen LogP contribution is 2.25. The van der Waals surface area contributed by atoms with E-state index in [9.17, 15) is 0 Å². The normalized spacial score (nSPS) is 19.8. The molecule has 0 atom stereocenters. The van der Waals surface area contributed by atoms with Crippen molar-refractivity contribution in [2.75, 3.05) is 36.0 Å². The minimum absolute atomic E-state index is 0.550. The van der Waals surface area contributed by atoms with E-state index < -0.39 is 0 Å².